The molecule has 0 atom stereocenters. The molecule has 0 spiro atoms. The zero-order chi connectivity index (χ0) is 15.5. The van der Waals surface area contributed by atoms with Gasteiger partial charge in [0, 0.05) is 25.5 Å². The maximum atomic E-state index is 12.3. The van der Waals surface area contributed by atoms with Crippen LogP contribution in [0.25, 0.3) is 0 Å². The van der Waals surface area contributed by atoms with E-state index in [1.54, 1.807) is 29.4 Å². The predicted octanol–water partition coefficient (Wildman–Crippen LogP) is 1.76. The molecule has 21 heavy (non-hydrogen) atoms. The van der Waals surface area contributed by atoms with Crippen molar-refractivity contribution in [2.75, 3.05) is 18.8 Å². The molecule has 6 heteroatoms. The van der Waals surface area contributed by atoms with Crippen LogP contribution in [-0.4, -0.2) is 48.3 Å². The second kappa shape index (κ2) is 6.56. The van der Waals surface area contributed by atoms with Crippen molar-refractivity contribution in [1.29, 1.82) is 0 Å². The number of nitrogens with zero attached hydrogens (tertiary/aromatic N) is 2. The van der Waals surface area contributed by atoms with E-state index in [4.69, 9.17) is 0 Å². The largest absolute Gasteiger partial charge is 0.339 e. The van der Waals surface area contributed by atoms with Crippen LogP contribution in [-0.2, 0) is 9.84 Å². The van der Waals surface area contributed by atoms with Crippen LogP contribution in [0.3, 0.4) is 0 Å². The Morgan fingerprint density at radius 2 is 2.05 bits per heavy atom. The fourth-order valence-corrected chi connectivity index (χ4v) is 4.82. The van der Waals surface area contributed by atoms with Crippen molar-refractivity contribution in [1.82, 2.24) is 9.88 Å². The molecule has 0 saturated carbocycles. The van der Waals surface area contributed by atoms with Crippen LogP contribution in [0.4, 0.5) is 0 Å². The molecule has 1 aliphatic heterocycles. The summed E-state index contributed by atoms with van der Waals surface area (Å²) in [6.07, 6.45) is 4.23. The van der Waals surface area contributed by atoms with Crippen molar-refractivity contribution in [3.05, 3.63) is 30.1 Å². The number of hydrogen-bond donors (Lipinski definition) is 0. The lowest BCUT2D eigenvalue weighted by Gasteiger charge is -2.32. The van der Waals surface area contributed by atoms with Gasteiger partial charge in [-0.15, -0.1) is 0 Å². The van der Waals surface area contributed by atoms with Gasteiger partial charge in [0.1, 0.15) is 0 Å². The summed E-state index contributed by atoms with van der Waals surface area (Å²) in [6.45, 7) is 4.82. The van der Waals surface area contributed by atoms with Gasteiger partial charge in [-0.2, -0.15) is 0 Å². The Morgan fingerprint density at radius 1 is 1.38 bits per heavy atom. The highest BCUT2D eigenvalue weighted by atomic mass is 32.2. The third kappa shape index (κ3) is 4.03. The summed E-state index contributed by atoms with van der Waals surface area (Å²) in [5.41, 5.74) is 0.556. The molecule has 1 fully saturated rings. The monoisotopic (exact) mass is 310 g/mol. The van der Waals surface area contributed by atoms with Gasteiger partial charge in [0.2, 0.25) is 0 Å². The van der Waals surface area contributed by atoms with Crippen LogP contribution in [0.5, 0.6) is 0 Å². The van der Waals surface area contributed by atoms with E-state index in [1.807, 2.05) is 13.8 Å². The van der Waals surface area contributed by atoms with Gasteiger partial charge in [0.15, 0.2) is 9.84 Å². The van der Waals surface area contributed by atoms with Gasteiger partial charge in [0.05, 0.1) is 16.6 Å². The van der Waals surface area contributed by atoms with E-state index in [2.05, 4.69) is 4.98 Å². The summed E-state index contributed by atoms with van der Waals surface area (Å²) in [4.78, 5) is 17.9. The first-order valence-electron chi connectivity index (χ1n) is 7.31. The number of carbonyl (C=O) groups excluding carboxylic acids is 1. The number of carbonyl (C=O) groups is 1. The maximum absolute atomic E-state index is 12.3. The third-order valence-corrected chi connectivity index (χ3v) is 6.33. The number of piperidine rings is 1. The minimum absolute atomic E-state index is 0.0668. The lowest BCUT2D eigenvalue weighted by Crippen LogP contribution is -2.43. The molecule has 1 amide bonds. The molecule has 1 aromatic rings. The molecule has 0 unspecified atom stereocenters. The van der Waals surface area contributed by atoms with Crippen LogP contribution >= 0.6 is 0 Å². The summed E-state index contributed by atoms with van der Waals surface area (Å²) in [5, 5.41) is -0.308. The van der Waals surface area contributed by atoms with E-state index in [9.17, 15) is 13.2 Å². The number of hydrogen-bond acceptors (Lipinski definition) is 4. The van der Waals surface area contributed by atoms with Gasteiger partial charge in [-0.25, -0.2) is 8.42 Å². The van der Waals surface area contributed by atoms with Crippen molar-refractivity contribution in [3.8, 4) is 0 Å². The number of pyridine rings is 1. The molecular formula is C15H22N2O3S. The molecule has 116 valence electrons. The summed E-state index contributed by atoms with van der Waals surface area (Å²) in [5.74, 6) is 0.307. The van der Waals surface area contributed by atoms with Crippen LogP contribution in [0, 0.1) is 5.92 Å². The molecule has 0 radical (unpaired) electrons. The second-order valence-corrected chi connectivity index (χ2v) is 8.28. The molecule has 0 N–H and O–H groups in total. The van der Waals surface area contributed by atoms with Gasteiger partial charge in [0.25, 0.3) is 5.91 Å². The van der Waals surface area contributed by atoms with E-state index in [0.717, 1.165) is 0 Å². The molecule has 5 nitrogen and oxygen atoms in total. The van der Waals surface area contributed by atoms with E-state index >= 15 is 0 Å². The smallest absolute Gasteiger partial charge is 0.255 e. The molecule has 1 saturated heterocycles. The van der Waals surface area contributed by atoms with Crippen molar-refractivity contribution in [2.24, 2.45) is 5.92 Å². The molecule has 0 aromatic carbocycles. The minimum atomic E-state index is -3.05. The van der Waals surface area contributed by atoms with Crippen LogP contribution in [0.2, 0.25) is 0 Å². The first kappa shape index (κ1) is 15.9. The van der Waals surface area contributed by atoms with E-state index < -0.39 is 9.84 Å². The SMILES string of the molecule is CC(C)CS(=O)(=O)C1CCN(C(=O)c2cccnc2)CC1. The first-order valence-corrected chi connectivity index (χ1v) is 9.02. The summed E-state index contributed by atoms with van der Waals surface area (Å²) in [6, 6.07) is 3.46. The fourth-order valence-electron chi connectivity index (χ4n) is 2.69. The van der Waals surface area contributed by atoms with Crippen LogP contribution in [0.1, 0.15) is 37.0 Å². The topological polar surface area (TPSA) is 67.3 Å². The molecular weight excluding hydrogens is 288 g/mol. The normalized spacial score (nSPS) is 17.2. The van der Waals surface area contributed by atoms with Gasteiger partial charge >= 0.3 is 0 Å². The molecule has 0 bridgehead atoms. The highest BCUT2D eigenvalue weighted by molar-refractivity contribution is 7.92. The predicted molar refractivity (Wildman–Crippen MR) is 81.8 cm³/mol. The molecule has 1 aromatic heterocycles. The highest BCUT2D eigenvalue weighted by Gasteiger charge is 2.32. The fraction of sp³-hybridized carbons (Fsp3) is 0.600. The second-order valence-electron chi connectivity index (χ2n) is 5.96. The van der Waals surface area contributed by atoms with E-state index in [-0.39, 0.29) is 22.8 Å². The summed E-state index contributed by atoms with van der Waals surface area (Å²) in [7, 11) is -3.05. The Kier molecular flexibility index (Phi) is 4.98. The van der Waals surface area contributed by atoms with Gasteiger partial charge in [-0.1, -0.05) is 13.8 Å². The molecule has 0 aliphatic carbocycles. The number of likely N-dealkylation sites (tertiary alicyclic amines) is 1. The van der Waals surface area contributed by atoms with Gasteiger partial charge < -0.3 is 4.90 Å². The zero-order valence-corrected chi connectivity index (χ0v) is 13.3. The Morgan fingerprint density at radius 3 is 2.57 bits per heavy atom. The minimum Gasteiger partial charge on any atom is -0.339 e. The molecule has 2 heterocycles. The van der Waals surface area contributed by atoms with Crippen molar-refractivity contribution < 1.29 is 13.2 Å². The van der Waals surface area contributed by atoms with Crippen LogP contribution in [0.15, 0.2) is 24.5 Å². The number of rotatable bonds is 4. The maximum Gasteiger partial charge on any atom is 0.255 e. The Labute approximate surface area is 126 Å². The van der Waals surface area contributed by atoms with E-state index in [0.29, 0.717) is 31.5 Å². The number of amides is 1. The standard InChI is InChI=1S/C15H22N2O3S/c1-12(2)11-21(19,20)14-5-8-17(9-6-14)15(18)13-4-3-7-16-10-13/h3-4,7,10,12,14H,5-6,8-9,11H2,1-2H3. The average molecular weight is 310 g/mol. The lowest BCUT2D eigenvalue weighted by molar-refractivity contribution is 0.0725. The van der Waals surface area contributed by atoms with Crippen molar-refractivity contribution in [2.45, 2.75) is 31.9 Å². The summed E-state index contributed by atoms with van der Waals surface area (Å²) < 4.78 is 24.5. The molecule has 1 aliphatic rings. The van der Waals surface area contributed by atoms with Crippen molar-refractivity contribution >= 4 is 15.7 Å². The summed E-state index contributed by atoms with van der Waals surface area (Å²) >= 11 is 0. The highest BCUT2D eigenvalue weighted by Crippen LogP contribution is 2.21. The van der Waals surface area contributed by atoms with Gasteiger partial charge in [-0.3, -0.25) is 9.78 Å². The Hall–Kier alpha value is -1.43. The first-order chi connectivity index (χ1) is 9.90. The van der Waals surface area contributed by atoms with Gasteiger partial charge in [-0.05, 0) is 30.9 Å². The molecule has 2 rings (SSSR count). The van der Waals surface area contributed by atoms with E-state index in [1.165, 1.54) is 0 Å². The number of aromatic nitrogens is 1. The van der Waals surface area contributed by atoms with Crippen molar-refractivity contribution in [3.63, 3.8) is 0 Å². The number of sulfone groups is 1. The Balaban J connectivity index is 1.96. The Bertz CT molecular complexity index is 576. The third-order valence-electron chi connectivity index (χ3n) is 3.71. The zero-order valence-electron chi connectivity index (χ0n) is 12.5. The van der Waals surface area contributed by atoms with Crippen LogP contribution < -0.4 is 0 Å². The lowest BCUT2D eigenvalue weighted by atomic mass is 10.1. The average Bonchev–Trinajstić information content (AvgIpc) is 2.46. The quantitative estimate of drug-likeness (QED) is 0.850.